The first-order valence-corrected chi connectivity index (χ1v) is 7.49. The number of nitrogens with two attached hydrogens (primary N) is 1. The Labute approximate surface area is 126 Å². The van der Waals surface area contributed by atoms with Gasteiger partial charge in [0.25, 0.3) is 0 Å². The number of nitrogens with zero attached hydrogens (tertiary/aromatic N) is 1. The second-order valence-electron chi connectivity index (χ2n) is 5.45. The number of carbonyl (C=O) groups is 1. The van der Waals surface area contributed by atoms with Crippen LogP contribution in [0.3, 0.4) is 0 Å². The Kier molecular flexibility index (Phi) is 6.85. The van der Waals surface area contributed by atoms with Gasteiger partial charge in [-0.1, -0.05) is 25.1 Å². The van der Waals surface area contributed by atoms with Gasteiger partial charge in [-0.15, -0.1) is 0 Å². The Hall–Kier alpha value is -0.720. The van der Waals surface area contributed by atoms with Crippen molar-refractivity contribution in [1.29, 1.82) is 0 Å². The van der Waals surface area contributed by atoms with Crippen LogP contribution in [0.2, 0.25) is 0 Å². The van der Waals surface area contributed by atoms with Crippen LogP contribution in [0.1, 0.15) is 32.6 Å². The molecule has 1 rings (SSSR count). The summed E-state index contributed by atoms with van der Waals surface area (Å²) >= 11 is 5.19. The van der Waals surface area contributed by atoms with Crippen LogP contribution in [0.4, 0.5) is 0 Å². The fourth-order valence-corrected chi connectivity index (χ4v) is 3.15. The van der Waals surface area contributed by atoms with E-state index in [1.807, 2.05) is 6.92 Å². The van der Waals surface area contributed by atoms with Gasteiger partial charge in [-0.2, -0.15) is 0 Å². The van der Waals surface area contributed by atoms with Crippen LogP contribution in [0, 0.1) is 5.41 Å². The quantitative estimate of drug-likeness (QED) is 0.686. The number of rotatable bonds is 8. The van der Waals surface area contributed by atoms with E-state index in [4.69, 9.17) is 27.4 Å². The summed E-state index contributed by atoms with van der Waals surface area (Å²) in [7, 11) is 3.26. The molecule has 0 aromatic carbocycles. The lowest BCUT2D eigenvalue weighted by atomic mass is 9.84. The fourth-order valence-electron chi connectivity index (χ4n) is 2.86. The minimum atomic E-state index is -0.662. The molecule has 5 nitrogen and oxygen atoms in total. The van der Waals surface area contributed by atoms with Crippen molar-refractivity contribution in [3.8, 4) is 0 Å². The summed E-state index contributed by atoms with van der Waals surface area (Å²) in [5, 5.41) is 0. The molecular formula is C14H26N2O3S. The molecule has 116 valence electrons. The molecule has 20 heavy (non-hydrogen) atoms. The third kappa shape index (κ3) is 3.68. The average Bonchev–Trinajstić information content (AvgIpc) is 2.90. The highest BCUT2D eigenvalue weighted by molar-refractivity contribution is 7.80. The van der Waals surface area contributed by atoms with Crippen LogP contribution in [-0.4, -0.2) is 55.8 Å². The molecule has 1 saturated carbocycles. The predicted molar refractivity (Wildman–Crippen MR) is 82.6 cm³/mol. The molecular weight excluding hydrogens is 276 g/mol. The van der Waals surface area contributed by atoms with Crippen molar-refractivity contribution in [1.82, 2.24) is 4.90 Å². The summed E-state index contributed by atoms with van der Waals surface area (Å²) in [4.78, 5) is 15.1. The Morgan fingerprint density at radius 3 is 2.40 bits per heavy atom. The van der Waals surface area contributed by atoms with E-state index in [2.05, 4.69) is 0 Å². The third-order valence-electron chi connectivity index (χ3n) is 4.08. The molecule has 1 aliphatic rings. The van der Waals surface area contributed by atoms with Crippen LogP contribution in [0.25, 0.3) is 0 Å². The van der Waals surface area contributed by atoms with Gasteiger partial charge in [-0.25, -0.2) is 0 Å². The molecule has 0 aromatic heterocycles. The Morgan fingerprint density at radius 2 is 1.95 bits per heavy atom. The molecule has 1 unspecified atom stereocenters. The minimum Gasteiger partial charge on any atom is -0.392 e. The van der Waals surface area contributed by atoms with Crippen molar-refractivity contribution >= 4 is 23.1 Å². The maximum Gasteiger partial charge on any atom is 0.236 e. The molecule has 6 heteroatoms. The maximum absolute atomic E-state index is 13.0. The highest BCUT2D eigenvalue weighted by atomic mass is 32.1. The third-order valence-corrected chi connectivity index (χ3v) is 4.47. The molecule has 0 heterocycles. The molecule has 0 aromatic rings. The lowest BCUT2D eigenvalue weighted by molar-refractivity contribution is -0.142. The lowest BCUT2D eigenvalue weighted by Crippen LogP contribution is -2.53. The van der Waals surface area contributed by atoms with Gasteiger partial charge in [0.1, 0.15) is 0 Å². The first-order valence-electron chi connectivity index (χ1n) is 7.08. The normalized spacial score (nSPS) is 18.8. The van der Waals surface area contributed by atoms with Crippen molar-refractivity contribution in [2.24, 2.45) is 11.1 Å². The van der Waals surface area contributed by atoms with E-state index in [1.54, 1.807) is 19.1 Å². The van der Waals surface area contributed by atoms with Crippen molar-refractivity contribution in [2.75, 3.05) is 34.0 Å². The Bertz CT molecular complexity index is 343. The molecule has 0 radical (unpaired) electrons. The van der Waals surface area contributed by atoms with Crippen molar-refractivity contribution < 1.29 is 14.3 Å². The van der Waals surface area contributed by atoms with Crippen LogP contribution >= 0.6 is 12.2 Å². The lowest BCUT2D eigenvalue weighted by Gasteiger charge is -2.37. The number of ether oxygens (including phenoxy) is 2. The SMILES string of the molecule is COCCN(C(=O)C1(C(N)=S)CCCC1)C(C)COC. The molecule has 1 aliphatic carbocycles. The summed E-state index contributed by atoms with van der Waals surface area (Å²) < 4.78 is 10.3. The monoisotopic (exact) mass is 302 g/mol. The molecule has 1 atom stereocenters. The first kappa shape index (κ1) is 17.3. The van der Waals surface area contributed by atoms with Crippen molar-refractivity contribution in [2.45, 2.75) is 38.6 Å². The van der Waals surface area contributed by atoms with Crippen molar-refractivity contribution in [3.63, 3.8) is 0 Å². The zero-order chi connectivity index (χ0) is 15.2. The number of thiocarbonyl (C=S) groups is 1. The molecule has 1 fully saturated rings. The van der Waals surface area contributed by atoms with Gasteiger partial charge in [0.15, 0.2) is 0 Å². The van der Waals surface area contributed by atoms with Crippen LogP contribution in [0.15, 0.2) is 0 Å². The van der Waals surface area contributed by atoms with Crippen LogP contribution in [0.5, 0.6) is 0 Å². The van der Waals surface area contributed by atoms with Crippen LogP contribution < -0.4 is 5.73 Å². The Morgan fingerprint density at radius 1 is 1.35 bits per heavy atom. The van der Waals surface area contributed by atoms with E-state index in [0.717, 1.165) is 25.7 Å². The number of methoxy groups -OCH3 is 2. The summed E-state index contributed by atoms with van der Waals surface area (Å²) in [5.41, 5.74) is 5.23. The summed E-state index contributed by atoms with van der Waals surface area (Å²) in [5.74, 6) is 0.0316. The van der Waals surface area contributed by atoms with Crippen LogP contribution in [-0.2, 0) is 14.3 Å². The average molecular weight is 302 g/mol. The number of carbonyl (C=O) groups excluding carboxylic acids is 1. The minimum absolute atomic E-state index is 0.0190. The summed E-state index contributed by atoms with van der Waals surface area (Å²) in [6.07, 6.45) is 3.51. The van der Waals surface area contributed by atoms with Gasteiger partial charge in [0, 0.05) is 20.8 Å². The van der Waals surface area contributed by atoms with Gasteiger partial charge < -0.3 is 20.1 Å². The topological polar surface area (TPSA) is 64.8 Å². The second-order valence-corrected chi connectivity index (χ2v) is 5.89. The van der Waals surface area contributed by atoms with Gasteiger partial charge in [0.05, 0.1) is 29.7 Å². The van der Waals surface area contributed by atoms with E-state index >= 15 is 0 Å². The fraction of sp³-hybridized carbons (Fsp3) is 0.857. The first-order chi connectivity index (χ1) is 9.49. The highest BCUT2D eigenvalue weighted by Crippen LogP contribution is 2.40. The Balaban J connectivity index is 2.92. The van der Waals surface area contributed by atoms with Gasteiger partial charge >= 0.3 is 0 Å². The highest BCUT2D eigenvalue weighted by Gasteiger charge is 2.46. The van der Waals surface area contributed by atoms with E-state index in [-0.39, 0.29) is 11.9 Å². The summed E-state index contributed by atoms with van der Waals surface area (Å²) in [6, 6.07) is -0.0190. The number of hydrogen-bond donors (Lipinski definition) is 1. The molecule has 1 amide bonds. The summed E-state index contributed by atoms with van der Waals surface area (Å²) in [6.45, 7) is 3.49. The smallest absolute Gasteiger partial charge is 0.236 e. The largest absolute Gasteiger partial charge is 0.392 e. The predicted octanol–water partition coefficient (Wildman–Crippen LogP) is 1.34. The van der Waals surface area contributed by atoms with E-state index in [1.165, 1.54) is 0 Å². The molecule has 0 aliphatic heterocycles. The van der Waals surface area contributed by atoms with Gasteiger partial charge in [0.2, 0.25) is 5.91 Å². The van der Waals surface area contributed by atoms with Gasteiger partial charge in [-0.3, -0.25) is 4.79 Å². The van der Waals surface area contributed by atoms with E-state index < -0.39 is 5.41 Å². The van der Waals surface area contributed by atoms with Crippen molar-refractivity contribution in [3.05, 3.63) is 0 Å². The molecule has 0 spiro atoms. The number of hydrogen-bond acceptors (Lipinski definition) is 4. The molecule has 0 saturated heterocycles. The molecule has 0 bridgehead atoms. The number of amides is 1. The standard InChI is InChI=1S/C14H26N2O3S/c1-11(10-19-3)16(8-9-18-2)13(17)14(12(15)20)6-4-5-7-14/h11H,4-10H2,1-3H3,(H2,15,20). The van der Waals surface area contributed by atoms with Gasteiger partial charge in [-0.05, 0) is 19.8 Å². The maximum atomic E-state index is 13.0. The van der Waals surface area contributed by atoms with E-state index in [9.17, 15) is 4.79 Å². The molecule has 2 N–H and O–H groups in total. The zero-order valence-corrected chi connectivity index (χ0v) is 13.5. The second kappa shape index (κ2) is 7.90. The zero-order valence-electron chi connectivity index (χ0n) is 12.7. The van der Waals surface area contributed by atoms with E-state index in [0.29, 0.717) is 24.7 Å².